The Bertz CT molecular complexity index is 868. The summed E-state index contributed by atoms with van der Waals surface area (Å²) in [5.74, 6) is 1.25. The van der Waals surface area contributed by atoms with Crippen molar-refractivity contribution in [1.29, 1.82) is 0 Å². The molecule has 0 radical (unpaired) electrons. The van der Waals surface area contributed by atoms with Gasteiger partial charge in [0.05, 0.1) is 20.3 Å². The number of nitrogens with zero attached hydrogens (tertiary/aromatic N) is 1. The normalized spacial score (nSPS) is 17.6. The van der Waals surface area contributed by atoms with Crippen molar-refractivity contribution < 1.29 is 14.3 Å². The number of methoxy groups -OCH3 is 2. The van der Waals surface area contributed by atoms with E-state index in [1.807, 2.05) is 44.2 Å². The number of rotatable bonds is 6. The van der Waals surface area contributed by atoms with E-state index in [1.54, 1.807) is 14.2 Å². The average Bonchev–Trinajstić information content (AvgIpc) is 2.73. The van der Waals surface area contributed by atoms with Crippen LogP contribution in [0.25, 0.3) is 0 Å². The minimum atomic E-state index is -0.163. The van der Waals surface area contributed by atoms with E-state index in [-0.39, 0.29) is 11.9 Å². The minimum Gasteiger partial charge on any atom is -0.493 e. The molecule has 2 aromatic rings. The molecule has 1 heterocycles. The van der Waals surface area contributed by atoms with Gasteiger partial charge in [0, 0.05) is 36.9 Å². The van der Waals surface area contributed by atoms with Crippen LogP contribution in [0.3, 0.4) is 0 Å². The van der Waals surface area contributed by atoms with Gasteiger partial charge in [0.15, 0.2) is 11.5 Å². The van der Waals surface area contributed by atoms with Gasteiger partial charge in [-0.3, -0.25) is 4.79 Å². The highest BCUT2D eigenvalue weighted by Gasteiger charge is 2.21. The van der Waals surface area contributed by atoms with E-state index in [0.29, 0.717) is 23.1 Å². The number of aryl methyl sites for hydroxylation is 1. The van der Waals surface area contributed by atoms with E-state index >= 15 is 0 Å². The van der Waals surface area contributed by atoms with Crippen LogP contribution in [0.15, 0.2) is 36.4 Å². The van der Waals surface area contributed by atoms with Gasteiger partial charge in [-0.05, 0) is 56.2 Å². The Morgan fingerprint density at radius 1 is 1.17 bits per heavy atom. The molecule has 0 aromatic heterocycles. The summed E-state index contributed by atoms with van der Waals surface area (Å²) in [5.41, 5.74) is 3.73. The lowest BCUT2D eigenvalue weighted by Crippen LogP contribution is -2.50. The number of piperazine rings is 1. The molecule has 1 saturated heterocycles. The van der Waals surface area contributed by atoms with Crippen LogP contribution >= 0.6 is 0 Å². The van der Waals surface area contributed by atoms with Crippen LogP contribution in [0.4, 0.5) is 5.69 Å². The fourth-order valence-electron chi connectivity index (χ4n) is 3.74. The van der Waals surface area contributed by atoms with Gasteiger partial charge < -0.3 is 25.0 Å². The highest BCUT2D eigenvalue weighted by molar-refractivity contribution is 5.96. The number of benzene rings is 2. The van der Waals surface area contributed by atoms with E-state index in [9.17, 15) is 4.79 Å². The van der Waals surface area contributed by atoms with Crippen molar-refractivity contribution in [3.63, 3.8) is 0 Å². The Kier molecular flexibility index (Phi) is 6.64. The molecule has 0 bridgehead atoms. The summed E-state index contributed by atoms with van der Waals surface area (Å²) < 4.78 is 10.7. The third-order valence-electron chi connectivity index (χ3n) is 5.55. The number of anilines is 1. The molecule has 3 rings (SSSR count). The lowest BCUT2D eigenvalue weighted by molar-refractivity contribution is 0.0939. The van der Waals surface area contributed by atoms with E-state index in [0.717, 1.165) is 36.4 Å². The molecule has 0 aliphatic carbocycles. The van der Waals surface area contributed by atoms with Gasteiger partial charge in [-0.25, -0.2) is 0 Å². The first-order valence-corrected chi connectivity index (χ1v) is 10.1. The monoisotopic (exact) mass is 397 g/mol. The number of carbonyl (C=O) groups excluding carboxylic acids is 1. The van der Waals surface area contributed by atoms with Gasteiger partial charge >= 0.3 is 0 Å². The number of hydrogen-bond acceptors (Lipinski definition) is 5. The Labute approximate surface area is 173 Å². The van der Waals surface area contributed by atoms with Gasteiger partial charge in [0.2, 0.25) is 0 Å². The molecular formula is C23H31N3O3. The van der Waals surface area contributed by atoms with Crippen LogP contribution in [0.1, 0.15) is 41.4 Å². The summed E-state index contributed by atoms with van der Waals surface area (Å²) >= 11 is 0. The molecule has 156 valence electrons. The van der Waals surface area contributed by atoms with Crippen molar-refractivity contribution in [2.24, 2.45) is 0 Å². The lowest BCUT2D eigenvalue weighted by Gasteiger charge is -2.36. The number of nitrogens with one attached hydrogen (secondary N) is 2. The van der Waals surface area contributed by atoms with Crippen LogP contribution in [-0.4, -0.2) is 45.8 Å². The predicted molar refractivity (Wildman–Crippen MR) is 116 cm³/mol. The van der Waals surface area contributed by atoms with Crippen LogP contribution < -0.4 is 25.0 Å². The highest BCUT2D eigenvalue weighted by Crippen LogP contribution is 2.30. The molecule has 29 heavy (non-hydrogen) atoms. The highest BCUT2D eigenvalue weighted by atomic mass is 16.5. The third kappa shape index (κ3) is 4.65. The Hall–Kier alpha value is -2.73. The zero-order valence-electron chi connectivity index (χ0n) is 17.9. The summed E-state index contributed by atoms with van der Waals surface area (Å²) in [4.78, 5) is 15.4. The molecule has 2 aromatic carbocycles. The number of amides is 1. The molecule has 1 amide bonds. The SMILES string of the molecule is COc1ccc(C(C)NC(=O)c2cc(N3CCNC[C@@H]3C)ccc2C)cc1OC. The van der Waals surface area contributed by atoms with Gasteiger partial charge in [-0.2, -0.15) is 0 Å². The van der Waals surface area contributed by atoms with E-state index in [2.05, 4.69) is 28.5 Å². The fraction of sp³-hybridized carbons (Fsp3) is 0.435. The zero-order chi connectivity index (χ0) is 21.0. The third-order valence-corrected chi connectivity index (χ3v) is 5.55. The first-order valence-electron chi connectivity index (χ1n) is 10.1. The maximum Gasteiger partial charge on any atom is 0.252 e. The second kappa shape index (κ2) is 9.18. The smallest absolute Gasteiger partial charge is 0.252 e. The summed E-state index contributed by atoms with van der Waals surface area (Å²) in [6.45, 7) is 8.98. The van der Waals surface area contributed by atoms with Gasteiger partial charge in [0.25, 0.3) is 5.91 Å². The summed E-state index contributed by atoms with van der Waals surface area (Å²) in [6, 6.07) is 12.1. The number of hydrogen-bond donors (Lipinski definition) is 2. The summed E-state index contributed by atoms with van der Waals surface area (Å²) in [6.07, 6.45) is 0. The molecule has 1 aliphatic heterocycles. The topological polar surface area (TPSA) is 62.8 Å². The average molecular weight is 398 g/mol. The molecule has 0 saturated carbocycles. The Balaban J connectivity index is 1.79. The van der Waals surface area contributed by atoms with E-state index in [4.69, 9.17) is 9.47 Å². The molecule has 2 N–H and O–H groups in total. The molecule has 1 aliphatic rings. The van der Waals surface area contributed by atoms with Crippen molar-refractivity contribution in [3.8, 4) is 11.5 Å². The maximum atomic E-state index is 13.0. The predicted octanol–water partition coefficient (Wildman–Crippen LogP) is 3.30. The molecule has 1 unspecified atom stereocenters. The molecule has 1 fully saturated rings. The van der Waals surface area contributed by atoms with Crippen molar-refractivity contribution >= 4 is 11.6 Å². The van der Waals surface area contributed by atoms with Crippen molar-refractivity contribution in [2.75, 3.05) is 38.8 Å². The van der Waals surface area contributed by atoms with Gasteiger partial charge in [-0.1, -0.05) is 12.1 Å². The van der Waals surface area contributed by atoms with E-state index in [1.165, 1.54) is 0 Å². The van der Waals surface area contributed by atoms with Crippen molar-refractivity contribution in [2.45, 2.75) is 32.9 Å². The lowest BCUT2D eigenvalue weighted by atomic mass is 10.0. The first-order chi connectivity index (χ1) is 13.9. The minimum absolute atomic E-state index is 0.0746. The van der Waals surface area contributed by atoms with Gasteiger partial charge in [-0.15, -0.1) is 0 Å². The quantitative estimate of drug-likeness (QED) is 0.783. The molecule has 0 spiro atoms. The maximum absolute atomic E-state index is 13.0. The fourth-order valence-corrected chi connectivity index (χ4v) is 3.74. The molecule has 2 atom stereocenters. The largest absolute Gasteiger partial charge is 0.493 e. The molecule has 6 nitrogen and oxygen atoms in total. The summed E-state index contributed by atoms with van der Waals surface area (Å²) in [7, 11) is 3.22. The van der Waals surface area contributed by atoms with E-state index < -0.39 is 0 Å². The first kappa shape index (κ1) is 21.0. The number of ether oxygens (including phenoxy) is 2. The molecular weight excluding hydrogens is 366 g/mol. The van der Waals surface area contributed by atoms with Crippen LogP contribution in [0.5, 0.6) is 11.5 Å². The molecule has 6 heteroatoms. The van der Waals surface area contributed by atoms with Crippen molar-refractivity contribution in [1.82, 2.24) is 10.6 Å². The van der Waals surface area contributed by atoms with Gasteiger partial charge in [0.1, 0.15) is 0 Å². The zero-order valence-corrected chi connectivity index (χ0v) is 17.9. The second-order valence-electron chi connectivity index (χ2n) is 7.56. The van der Waals surface area contributed by atoms with Crippen LogP contribution in [0.2, 0.25) is 0 Å². The van der Waals surface area contributed by atoms with Crippen LogP contribution in [0, 0.1) is 6.92 Å². The number of carbonyl (C=O) groups is 1. The second-order valence-corrected chi connectivity index (χ2v) is 7.56. The Morgan fingerprint density at radius 2 is 1.93 bits per heavy atom. The summed E-state index contributed by atoms with van der Waals surface area (Å²) in [5, 5.41) is 6.52. The Morgan fingerprint density at radius 3 is 2.62 bits per heavy atom. The standard InChI is InChI=1S/C23H31N3O3/c1-15-6-8-19(26-11-10-24-14-16(26)2)13-20(15)23(27)25-17(3)18-7-9-21(28-4)22(12-18)29-5/h6-9,12-13,16-17,24H,10-11,14H2,1-5H3,(H,25,27)/t16-,17?/m0/s1. The van der Waals surface area contributed by atoms with Crippen LogP contribution in [-0.2, 0) is 0 Å². The van der Waals surface area contributed by atoms with Crippen molar-refractivity contribution in [3.05, 3.63) is 53.1 Å².